The van der Waals surface area contributed by atoms with Gasteiger partial charge in [-0.25, -0.2) is 0 Å². The predicted octanol–water partition coefficient (Wildman–Crippen LogP) is 5.48. The molecule has 0 amide bonds. The Morgan fingerprint density at radius 3 is 1.80 bits per heavy atom. The molecule has 0 N–H and O–H groups in total. The van der Waals surface area contributed by atoms with Gasteiger partial charge in [0.25, 0.3) is 0 Å². The van der Waals surface area contributed by atoms with Gasteiger partial charge in [0.05, 0.1) is 0 Å². The second-order valence-corrected chi connectivity index (χ2v) is 5.85. The molecule has 0 aromatic heterocycles. The van der Waals surface area contributed by atoms with E-state index in [1.807, 2.05) is 12.1 Å². The van der Waals surface area contributed by atoms with Crippen molar-refractivity contribution in [3.63, 3.8) is 0 Å². The number of benzene rings is 3. The molecule has 0 nitrogen and oxygen atoms in total. The van der Waals surface area contributed by atoms with Crippen molar-refractivity contribution < 1.29 is 0 Å². The van der Waals surface area contributed by atoms with Crippen molar-refractivity contribution in [2.75, 3.05) is 0 Å². The Morgan fingerprint density at radius 2 is 1.20 bits per heavy atom. The van der Waals surface area contributed by atoms with E-state index < -0.39 is 0 Å². The minimum absolute atomic E-state index is 0.268. The Hall–Kier alpha value is -1.62. The van der Waals surface area contributed by atoms with Crippen LogP contribution in [0.4, 0.5) is 0 Å². The van der Waals surface area contributed by atoms with Gasteiger partial charge < -0.3 is 0 Å². The van der Waals surface area contributed by atoms with Gasteiger partial charge in [-0.05, 0) is 27.6 Å². The molecular formula is C18H14ClP. The summed E-state index contributed by atoms with van der Waals surface area (Å²) in [5, 5.41) is 1.19. The molecular weight excluding hydrogens is 283 g/mol. The standard InChI is InChI=1S/C18H14ClP/c19-20-17-13-7-12-16(14-8-3-1-4-9-14)18(17)15-10-5-2-6-11-15/h1-13,20H. The third-order valence-corrected chi connectivity index (χ3v) is 4.54. The maximum absolute atomic E-state index is 6.17. The van der Waals surface area contributed by atoms with Crippen LogP contribution in [0.5, 0.6) is 0 Å². The lowest BCUT2D eigenvalue weighted by Crippen LogP contribution is -2.00. The van der Waals surface area contributed by atoms with Crippen LogP contribution in [0, 0.1) is 0 Å². The summed E-state index contributed by atoms with van der Waals surface area (Å²) < 4.78 is 0. The zero-order valence-electron chi connectivity index (χ0n) is 10.9. The van der Waals surface area contributed by atoms with E-state index in [-0.39, 0.29) is 7.93 Å². The third kappa shape index (κ3) is 2.63. The smallest absolute Gasteiger partial charge is 0.00725 e. The normalized spacial score (nSPS) is 11.1. The van der Waals surface area contributed by atoms with Crippen LogP contribution in [0.25, 0.3) is 22.3 Å². The van der Waals surface area contributed by atoms with E-state index in [1.54, 1.807) is 0 Å². The van der Waals surface area contributed by atoms with Gasteiger partial charge in [0.1, 0.15) is 0 Å². The van der Waals surface area contributed by atoms with Crippen LogP contribution in [0.2, 0.25) is 0 Å². The third-order valence-electron chi connectivity index (χ3n) is 3.31. The van der Waals surface area contributed by atoms with Crippen LogP contribution in [-0.2, 0) is 0 Å². The van der Waals surface area contributed by atoms with E-state index >= 15 is 0 Å². The molecule has 1 unspecified atom stereocenters. The van der Waals surface area contributed by atoms with Crippen LogP contribution in [0.15, 0.2) is 78.9 Å². The van der Waals surface area contributed by atoms with Gasteiger partial charge in [-0.1, -0.05) is 90.1 Å². The van der Waals surface area contributed by atoms with Crippen molar-refractivity contribution in [2.24, 2.45) is 0 Å². The molecule has 1 atom stereocenters. The second kappa shape index (κ2) is 6.22. The Bertz CT molecular complexity index is 693. The van der Waals surface area contributed by atoms with Gasteiger partial charge in [0.15, 0.2) is 0 Å². The molecule has 0 saturated heterocycles. The van der Waals surface area contributed by atoms with Crippen molar-refractivity contribution in [2.45, 2.75) is 0 Å². The highest BCUT2D eigenvalue weighted by molar-refractivity contribution is 7.75. The van der Waals surface area contributed by atoms with Gasteiger partial charge in [-0.3, -0.25) is 0 Å². The summed E-state index contributed by atoms with van der Waals surface area (Å²) in [6.07, 6.45) is 0. The van der Waals surface area contributed by atoms with E-state index in [9.17, 15) is 0 Å². The minimum atomic E-state index is 0.268. The molecule has 0 heterocycles. The number of rotatable bonds is 3. The Morgan fingerprint density at radius 1 is 0.600 bits per heavy atom. The molecule has 0 aliphatic carbocycles. The molecule has 3 aromatic carbocycles. The van der Waals surface area contributed by atoms with Crippen molar-refractivity contribution in [1.82, 2.24) is 0 Å². The van der Waals surface area contributed by atoms with Gasteiger partial charge in [0, 0.05) is 7.93 Å². The van der Waals surface area contributed by atoms with Crippen LogP contribution in [0.1, 0.15) is 0 Å². The summed E-state index contributed by atoms with van der Waals surface area (Å²) in [4.78, 5) is 0. The lowest BCUT2D eigenvalue weighted by Gasteiger charge is -2.14. The lowest BCUT2D eigenvalue weighted by atomic mass is 9.94. The highest BCUT2D eigenvalue weighted by Crippen LogP contribution is 2.34. The van der Waals surface area contributed by atoms with E-state index in [2.05, 4.69) is 66.7 Å². The zero-order valence-corrected chi connectivity index (χ0v) is 12.6. The second-order valence-electron chi connectivity index (χ2n) is 4.55. The maximum atomic E-state index is 6.17. The van der Waals surface area contributed by atoms with Gasteiger partial charge in [0.2, 0.25) is 0 Å². The predicted molar refractivity (Wildman–Crippen MR) is 91.1 cm³/mol. The SMILES string of the molecule is ClPc1cccc(-c2ccccc2)c1-c1ccccc1. The van der Waals surface area contributed by atoms with Crippen LogP contribution in [0.3, 0.4) is 0 Å². The first-order chi connectivity index (χ1) is 9.90. The van der Waals surface area contributed by atoms with Crippen LogP contribution < -0.4 is 5.30 Å². The van der Waals surface area contributed by atoms with Crippen molar-refractivity contribution >= 4 is 24.5 Å². The highest BCUT2D eigenvalue weighted by Gasteiger charge is 2.11. The first kappa shape index (κ1) is 13.4. The molecule has 3 rings (SSSR count). The van der Waals surface area contributed by atoms with Crippen LogP contribution in [-0.4, -0.2) is 0 Å². The maximum Gasteiger partial charge on any atom is 0.00725 e. The zero-order chi connectivity index (χ0) is 13.8. The van der Waals surface area contributed by atoms with Crippen molar-refractivity contribution in [3.8, 4) is 22.3 Å². The summed E-state index contributed by atoms with van der Waals surface area (Å²) >= 11 is 6.17. The number of hydrogen-bond donors (Lipinski definition) is 0. The van der Waals surface area contributed by atoms with Crippen molar-refractivity contribution in [3.05, 3.63) is 78.9 Å². The summed E-state index contributed by atoms with van der Waals surface area (Å²) in [6.45, 7) is 0. The quantitative estimate of drug-likeness (QED) is 0.562. The number of hydrogen-bond acceptors (Lipinski definition) is 0. The van der Waals surface area contributed by atoms with Crippen molar-refractivity contribution in [1.29, 1.82) is 0 Å². The summed E-state index contributed by atoms with van der Waals surface area (Å²) in [5.41, 5.74) is 4.92. The van der Waals surface area contributed by atoms with Gasteiger partial charge in [-0.15, -0.1) is 0 Å². The average molecular weight is 297 g/mol. The van der Waals surface area contributed by atoms with Crippen LogP contribution >= 0.6 is 19.2 Å². The summed E-state index contributed by atoms with van der Waals surface area (Å²) in [6, 6.07) is 27.3. The summed E-state index contributed by atoms with van der Waals surface area (Å²) in [7, 11) is 0.268. The van der Waals surface area contributed by atoms with Gasteiger partial charge >= 0.3 is 0 Å². The Labute approximate surface area is 126 Å². The molecule has 0 aliphatic heterocycles. The largest absolute Gasteiger partial charge is 0.0948 e. The molecule has 2 heteroatoms. The van der Waals surface area contributed by atoms with E-state index in [1.165, 1.54) is 27.6 Å². The number of halogens is 1. The molecule has 0 saturated carbocycles. The molecule has 0 fully saturated rings. The summed E-state index contributed by atoms with van der Waals surface area (Å²) in [5.74, 6) is 0. The fourth-order valence-corrected chi connectivity index (χ4v) is 3.41. The molecule has 3 aromatic rings. The Balaban J connectivity index is 2.26. The first-order valence-corrected chi connectivity index (χ1v) is 8.52. The van der Waals surface area contributed by atoms with Gasteiger partial charge in [-0.2, -0.15) is 0 Å². The first-order valence-electron chi connectivity index (χ1n) is 6.50. The molecule has 20 heavy (non-hydrogen) atoms. The molecule has 0 radical (unpaired) electrons. The lowest BCUT2D eigenvalue weighted by molar-refractivity contribution is 1.60. The molecule has 0 spiro atoms. The monoisotopic (exact) mass is 296 g/mol. The van der Waals surface area contributed by atoms with E-state index in [0.717, 1.165) is 0 Å². The Kier molecular flexibility index (Phi) is 4.16. The minimum Gasteiger partial charge on any atom is -0.0948 e. The fraction of sp³-hybridized carbons (Fsp3) is 0. The van der Waals surface area contributed by atoms with E-state index in [0.29, 0.717) is 0 Å². The topological polar surface area (TPSA) is 0 Å². The highest BCUT2D eigenvalue weighted by atomic mass is 35.7. The van der Waals surface area contributed by atoms with E-state index in [4.69, 9.17) is 11.2 Å². The molecule has 0 aliphatic rings. The molecule has 98 valence electrons. The molecule has 0 bridgehead atoms. The average Bonchev–Trinajstić information content (AvgIpc) is 2.55. The fourth-order valence-electron chi connectivity index (χ4n) is 2.41.